The molecule has 0 amide bonds. The van der Waals surface area contributed by atoms with Crippen molar-refractivity contribution in [2.75, 3.05) is 12.4 Å². The number of thiazole rings is 1. The third-order valence-corrected chi connectivity index (χ3v) is 3.77. The van der Waals surface area contributed by atoms with Crippen LogP contribution in [0.1, 0.15) is 45.6 Å². The van der Waals surface area contributed by atoms with E-state index < -0.39 is 5.97 Å². The number of nitrogens with zero attached hydrogens (tertiary/aromatic N) is 2. The molecule has 2 heterocycles. The second-order valence-corrected chi connectivity index (χ2v) is 5.14. The molecule has 0 radical (unpaired) electrons. The summed E-state index contributed by atoms with van der Waals surface area (Å²) in [5, 5.41) is 10.2. The van der Waals surface area contributed by atoms with Crippen LogP contribution in [-0.2, 0) is 4.74 Å². The van der Waals surface area contributed by atoms with Gasteiger partial charge in [0, 0.05) is 18.7 Å². The van der Waals surface area contributed by atoms with Gasteiger partial charge in [-0.2, -0.15) is 5.10 Å². The number of rotatable bonds is 5. The van der Waals surface area contributed by atoms with Crippen LogP contribution in [0.4, 0.5) is 5.13 Å². The molecule has 1 unspecified atom stereocenters. The Hall–Kier alpha value is -2.22. The fourth-order valence-corrected chi connectivity index (χ4v) is 2.56. The molecule has 2 aromatic heterocycles. The van der Waals surface area contributed by atoms with E-state index in [0.29, 0.717) is 10.0 Å². The van der Waals surface area contributed by atoms with E-state index in [1.165, 1.54) is 14.0 Å². The minimum absolute atomic E-state index is 0.0480. The summed E-state index contributed by atoms with van der Waals surface area (Å²) in [6, 6.07) is -0.0507. The SMILES string of the molecule is COC(=O)c1nc(NC(C)c2cn[nH]c2)sc1C(C)=O. The second kappa shape index (κ2) is 5.83. The molecule has 0 bridgehead atoms. The van der Waals surface area contributed by atoms with E-state index in [4.69, 9.17) is 0 Å². The lowest BCUT2D eigenvalue weighted by atomic mass is 10.2. The monoisotopic (exact) mass is 294 g/mol. The summed E-state index contributed by atoms with van der Waals surface area (Å²) >= 11 is 1.13. The quantitative estimate of drug-likeness (QED) is 0.647. The Labute approximate surface area is 119 Å². The first-order valence-electron chi connectivity index (χ1n) is 5.88. The van der Waals surface area contributed by atoms with Crippen molar-refractivity contribution in [1.29, 1.82) is 0 Å². The number of Topliss-reactive ketones (excluding diaryl/α,β-unsaturated/α-hetero) is 1. The number of ether oxygens (including phenoxy) is 1. The number of hydrogen-bond donors (Lipinski definition) is 2. The molecule has 20 heavy (non-hydrogen) atoms. The maximum Gasteiger partial charge on any atom is 0.358 e. The fourth-order valence-electron chi connectivity index (χ4n) is 1.62. The van der Waals surface area contributed by atoms with Gasteiger partial charge in [0.05, 0.1) is 19.3 Å². The maximum absolute atomic E-state index is 11.6. The van der Waals surface area contributed by atoms with Crippen molar-refractivity contribution >= 4 is 28.2 Å². The number of anilines is 1. The van der Waals surface area contributed by atoms with E-state index in [9.17, 15) is 9.59 Å². The minimum atomic E-state index is -0.615. The molecular formula is C12H14N4O3S. The van der Waals surface area contributed by atoms with Crippen LogP contribution >= 0.6 is 11.3 Å². The average molecular weight is 294 g/mol. The average Bonchev–Trinajstić information content (AvgIpc) is 3.06. The number of ketones is 1. The summed E-state index contributed by atoms with van der Waals surface area (Å²) in [5.41, 5.74) is 0.996. The van der Waals surface area contributed by atoms with E-state index in [1.54, 1.807) is 12.4 Å². The lowest BCUT2D eigenvalue weighted by Crippen LogP contribution is -2.08. The molecule has 0 aliphatic rings. The van der Waals surface area contributed by atoms with Crippen LogP contribution in [0.3, 0.4) is 0 Å². The van der Waals surface area contributed by atoms with Crippen molar-refractivity contribution in [2.24, 2.45) is 0 Å². The molecule has 0 aromatic carbocycles. The van der Waals surface area contributed by atoms with Gasteiger partial charge in [0.1, 0.15) is 4.88 Å². The van der Waals surface area contributed by atoms with E-state index in [-0.39, 0.29) is 17.5 Å². The molecular weight excluding hydrogens is 280 g/mol. The first-order chi connectivity index (χ1) is 9.52. The summed E-state index contributed by atoms with van der Waals surface area (Å²) in [6.45, 7) is 3.32. The van der Waals surface area contributed by atoms with Crippen LogP contribution in [0.15, 0.2) is 12.4 Å². The van der Waals surface area contributed by atoms with Crippen molar-refractivity contribution in [2.45, 2.75) is 19.9 Å². The Morgan fingerprint density at radius 1 is 1.50 bits per heavy atom. The highest BCUT2D eigenvalue weighted by molar-refractivity contribution is 7.17. The van der Waals surface area contributed by atoms with Crippen LogP contribution in [-0.4, -0.2) is 34.0 Å². The van der Waals surface area contributed by atoms with Crippen LogP contribution < -0.4 is 5.32 Å². The lowest BCUT2D eigenvalue weighted by Gasteiger charge is -2.09. The Bertz CT molecular complexity index is 621. The van der Waals surface area contributed by atoms with Gasteiger partial charge in [-0.3, -0.25) is 9.89 Å². The van der Waals surface area contributed by atoms with Gasteiger partial charge in [-0.25, -0.2) is 9.78 Å². The Kier molecular flexibility index (Phi) is 4.14. The largest absolute Gasteiger partial charge is 0.464 e. The molecule has 0 aliphatic carbocycles. The molecule has 0 saturated carbocycles. The van der Waals surface area contributed by atoms with Crippen molar-refractivity contribution < 1.29 is 14.3 Å². The lowest BCUT2D eigenvalue weighted by molar-refractivity contribution is 0.0591. The molecule has 106 valence electrons. The number of nitrogens with one attached hydrogen (secondary N) is 2. The highest BCUT2D eigenvalue weighted by Gasteiger charge is 2.22. The number of carbonyl (C=O) groups excluding carboxylic acids is 2. The molecule has 7 nitrogen and oxygen atoms in total. The first kappa shape index (κ1) is 14.2. The molecule has 2 N–H and O–H groups in total. The van der Waals surface area contributed by atoms with E-state index >= 15 is 0 Å². The maximum atomic E-state index is 11.6. The van der Waals surface area contributed by atoms with Gasteiger partial charge >= 0.3 is 5.97 Å². The van der Waals surface area contributed by atoms with Gasteiger partial charge < -0.3 is 10.1 Å². The van der Waals surface area contributed by atoms with E-state index in [0.717, 1.165) is 16.9 Å². The predicted molar refractivity (Wildman–Crippen MR) is 74.1 cm³/mol. The topological polar surface area (TPSA) is 97.0 Å². The summed E-state index contributed by atoms with van der Waals surface area (Å²) in [5.74, 6) is -0.831. The predicted octanol–water partition coefficient (Wildman–Crippen LogP) is 2.03. The Balaban J connectivity index is 2.25. The Morgan fingerprint density at radius 3 is 2.80 bits per heavy atom. The van der Waals surface area contributed by atoms with Crippen LogP contribution in [0, 0.1) is 0 Å². The number of aromatic amines is 1. The molecule has 0 fully saturated rings. The summed E-state index contributed by atoms with van der Waals surface area (Å²) in [4.78, 5) is 27.6. The normalized spacial score (nSPS) is 11.9. The van der Waals surface area contributed by atoms with Gasteiger partial charge in [0.2, 0.25) is 0 Å². The summed E-state index contributed by atoms with van der Waals surface area (Å²) in [7, 11) is 1.26. The zero-order valence-electron chi connectivity index (χ0n) is 11.3. The first-order valence-corrected chi connectivity index (χ1v) is 6.70. The summed E-state index contributed by atoms with van der Waals surface area (Å²) < 4.78 is 4.63. The minimum Gasteiger partial charge on any atom is -0.464 e. The highest BCUT2D eigenvalue weighted by atomic mass is 32.1. The smallest absolute Gasteiger partial charge is 0.358 e. The molecule has 0 aliphatic heterocycles. The van der Waals surface area contributed by atoms with Crippen LogP contribution in [0.5, 0.6) is 0 Å². The molecule has 8 heteroatoms. The molecule has 2 rings (SSSR count). The number of aromatic nitrogens is 3. The van der Waals surface area contributed by atoms with E-state index in [2.05, 4.69) is 25.2 Å². The molecule has 2 aromatic rings. The Morgan fingerprint density at radius 2 is 2.25 bits per heavy atom. The van der Waals surface area contributed by atoms with E-state index in [1.807, 2.05) is 6.92 Å². The number of H-pyrrole nitrogens is 1. The second-order valence-electron chi connectivity index (χ2n) is 4.14. The van der Waals surface area contributed by atoms with Crippen LogP contribution in [0.25, 0.3) is 0 Å². The summed E-state index contributed by atoms with van der Waals surface area (Å²) in [6.07, 6.45) is 3.46. The van der Waals surface area contributed by atoms with Gasteiger partial charge in [-0.15, -0.1) is 0 Å². The zero-order valence-corrected chi connectivity index (χ0v) is 12.1. The van der Waals surface area contributed by atoms with Crippen LogP contribution in [0.2, 0.25) is 0 Å². The van der Waals surface area contributed by atoms with Gasteiger partial charge in [-0.05, 0) is 6.92 Å². The number of esters is 1. The van der Waals surface area contributed by atoms with Gasteiger partial charge in [-0.1, -0.05) is 11.3 Å². The molecule has 0 spiro atoms. The third-order valence-electron chi connectivity index (χ3n) is 2.69. The number of carbonyl (C=O) groups is 2. The van der Waals surface area contributed by atoms with Gasteiger partial charge in [0.15, 0.2) is 16.6 Å². The number of methoxy groups -OCH3 is 1. The fraction of sp³-hybridized carbons (Fsp3) is 0.333. The standard InChI is InChI=1S/C12H14N4O3S/c1-6(8-4-13-14-5-8)15-12-16-9(11(18)19-3)10(20-12)7(2)17/h4-6H,1-3H3,(H,13,14)(H,15,16). The number of hydrogen-bond acceptors (Lipinski definition) is 7. The van der Waals surface area contributed by atoms with Crippen molar-refractivity contribution in [3.8, 4) is 0 Å². The van der Waals surface area contributed by atoms with Crippen molar-refractivity contribution in [1.82, 2.24) is 15.2 Å². The van der Waals surface area contributed by atoms with Crippen molar-refractivity contribution in [3.05, 3.63) is 28.5 Å². The van der Waals surface area contributed by atoms with Gasteiger partial charge in [0.25, 0.3) is 0 Å². The molecule has 0 saturated heterocycles. The third kappa shape index (κ3) is 2.85. The highest BCUT2D eigenvalue weighted by Crippen LogP contribution is 2.27. The molecule has 1 atom stereocenters. The van der Waals surface area contributed by atoms with Crippen molar-refractivity contribution in [3.63, 3.8) is 0 Å². The zero-order chi connectivity index (χ0) is 14.7.